The van der Waals surface area contributed by atoms with E-state index in [0.717, 1.165) is 12.3 Å². The second kappa shape index (κ2) is 7.10. The van der Waals surface area contributed by atoms with E-state index in [2.05, 4.69) is 74.8 Å². The van der Waals surface area contributed by atoms with Gasteiger partial charge in [0.2, 0.25) is 0 Å². The second-order valence-corrected chi connectivity index (χ2v) is 7.29. The lowest BCUT2D eigenvalue weighted by Crippen LogP contribution is -2.23. The third-order valence-electron chi connectivity index (χ3n) is 3.51. The van der Waals surface area contributed by atoms with Gasteiger partial charge in [0, 0.05) is 17.5 Å². The number of ether oxygens (including phenoxy) is 1. The number of hydrogen-bond acceptors (Lipinski definition) is 3. The summed E-state index contributed by atoms with van der Waals surface area (Å²) in [5.74, 6) is 0.938. The quantitative estimate of drug-likeness (QED) is 0.776. The molecule has 0 bridgehead atoms. The monoisotopic (exact) mass is 303 g/mol. The molecule has 1 aromatic heterocycles. The first-order valence-corrected chi connectivity index (χ1v) is 8.35. The van der Waals surface area contributed by atoms with E-state index in [9.17, 15) is 0 Å². The van der Waals surface area contributed by atoms with Crippen LogP contribution in [0.15, 0.2) is 41.8 Å². The van der Waals surface area contributed by atoms with Crippen molar-refractivity contribution in [2.75, 3.05) is 13.2 Å². The minimum Gasteiger partial charge on any atom is -0.492 e. The van der Waals surface area contributed by atoms with Crippen molar-refractivity contribution in [2.24, 2.45) is 0 Å². The molecule has 1 unspecified atom stereocenters. The number of thiophene rings is 1. The Morgan fingerprint density at radius 1 is 1.14 bits per heavy atom. The molecule has 2 aromatic rings. The summed E-state index contributed by atoms with van der Waals surface area (Å²) in [7, 11) is 0. The number of hydrogen-bond donors (Lipinski definition) is 1. The highest BCUT2D eigenvalue weighted by Crippen LogP contribution is 2.24. The first kappa shape index (κ1) is 16.1. The van der Waals surface area contributed by atoms with Crippen LogP contribution in [0.3, 0.4) is 0 Å². The van der Waals surface area contributed by atoms with Crippen LogP contribution in [0.25, 0.3) is 0 Å². The van der Waals surface area contributed by atoms with E-state index >= 15 is 0 Å². The van der Waals surface area contributed by atoms with Crippen molar-refractivity contribution in [3.8, 4) is 5.75 Å². The highest BCUT2D eigenvalue weighted by molar-refractivity contribution is 7.10. The molecule has 0 saturated carbocycles. The summed E-state index contributed by atoms with van der Waals surface area (Å²) in [4.78, 5) is 1.37. The van der Waals surface area contributed by atoms with Gasteiger partial charge in [-0.1, -0.05) is 39.0 Å². The maximum atomic E-state index is 5.78. The first-order valence-electron chi connectivity index (χ1n) is 7.47. The Hall–Kier alpha value is -1.32. The van der Waals surface area contributed by atoms with Crippen molar-refractivity contribution < 1.29 is 4.74 Å². The Labute approximate surface area is 132 Å². The third-order valence-corrected chi connectivity index (χ3v) is 4.57. The van der Waals surface area contributed by atoms with Crippen molar-refractivity contribution in [1.82, 2.24) is 5.32 Å². The molecule has 0 aliphatic heterocycles. The zero-order valence-electron chi connectivity index (χ0n) is 13.3. The predicted octanol–water partition coefficient (Wildman–Crippen LogP) is 4.78. The Bertz CT molecular complexity index is 525. The normalized spacial score (nSPS) is 13.1. The number of benzene rings is 1. The van der Waals surface area contributed by atoms with E-state index in [0.29, 0.717) is 12.6 Å². The molecule has 0 aliphatic rings. The van der Waals surface area contributed by atoms with Crippen LogP contribution in [-0.2, 0) is 5.41 Å². The molecule has 1 N–H and O–H groups in total. The summed E-state index contributed by atoms with van der Waals surface area (Å²) in [5, 5.41) is 5.59. The molecular weight excluding hydrogens is 278 g/mol. The Kier molecular flexibility index (Phi) is 5.43. The van der Waals surface area contributed by atoms with Gasteiger partial charge in [0.15, 0.2) is 0 Å². The number of nitrogens with one attached hydrogen (secondary N) is 1. The molecule has 0 saturated heterocycles. The zero-order valence-corrected chi connectivity index (χ0v) is 14.2. The van der Waals surface area contributed by atoms with Gasteiger partial charge in [0.1, 0.15) is 12.4 Å². The van der Waals surface area contributed by atoms with Gasteiger partial charge < -0.3 is 10.1 Å². The van der Waals surface area contributed by atoms with Crippen molar-refractivity contribution >= 4 is 11.3 Å². The molecule has 21 heavy (non-hydrogen) atoms. The largest absolute Gasteiger partial charge is 0.492 e. The fraction of sp³-hybridized carbons (Fsp3) is 0.444. The molecular formula is C18H25NOS. The molecule has 1 aromatic carbocycles. The van der Waals surface area contributed by atoms with E-state index in [1.165, 1.54) is 10.4 Å². The molecule has 2 rings (SSSR count). The Morgan fingerprint density at radius 3 is 2.43 bits per heavy atom. The lowest BCUT2D eigenvalue weighted by Gasteiger charge is -2.19. The Balaban J connectivity index is 1.74. The summed E-state index contributed by atoms with van der Waals surface area (Å²) in [6.45, 7) is 10.4. The van der Waals surface area contributed by atoms with Crippen molar-refractivity contribution in [1.29, 1.82) is 0 Å². The lowest BCUT2D eigenvalue weighted by atomic mass is 9.87. The molecule has 0 radical (unpaired) electrons. The van der Waals surface area contributed by atoms with Crippen LogP contribution in [-0.4, -0.2) is 13.2 Å². The van der Waals surface area contributed by atoms with Crippen molar-refractivity contribution in [3.63, 3.8) is 0 Å². The molecule has 0 amide bonds. The van der Waals surface area contributed by atoms with Crippen LogP contribution < -0.4 is 10.1 Å². The average molecular weight is 303 g/mol. The van der Waals surface area contributed by atoms with Gasteiger partial charge in [0.05, 0.1) is 0 Å². The predicted molar refractivity (Wildman–Crippen MR) is 91.4 cm³/mol. The standard InChI is InChI=1S/C18H25NOS/c1-14(17-6-5-13-21-17)19-11-12-20-16-9-7-15(8-10-16)18(2,3)4/h5-10,13-14,19H,11-12H2,1-4H3. The topological polar surface area (TPSA) is 21.3 Å². The molecule has 114 valence electrons. The van der Waals surface area contributed by atoms with Crippen LogP contribution in [0, 0.1) is 0 Å². The van der Waals surface area contributed by atoms with Crippen molar-refractivity contribution in [3.05, 3.63) is 52.2 Å². The zero-order chi connectivity index (χ0) is 15.3. The second-order valence-electron chi connectivity index (χ2n) is 6.31. The summed E-state index contributed by atoms with van der Waals surface area (Å²) < 4.78 is 5.78. The van der Waals surface area contributed by atoms with Gasteiger partial charge in [-0.3, -0.25) is 0 Å². The fourth-order valence-corrected chi connectivity index (χ4v) is 2.89. The molecule has 3 heteroatoms. The van der Waals surface area contributed by atoms with Gasteiger partial charge in [-0.25, -0.2) is 0 Å². The minimum atomic E-state index is 0.191. The van der Waals surface area contributed by atoms with Gasteiger partial charge in [-0.15, -0.1) is 11.3 Å². The van der Waals surface area contributed by atoms with Crippen LogP contribution >= 0.6 is 11.3 Å². The highest BCUT2D eigenvalue weighted by Gasteiger charge is 2.12. The van der Waals surface area contributed by atoms with Gasteiger partial charge in [-0.2, -0.15) is 0 Å². The van der Waals surface area contributed by atoms with E-state index in [1.807, 2.05) is 0 Å². The lowest BCUT2D eigenvalue weighted by molar-refractivity contribution is 0.308. The minimum absolute atomic E-state index is 0.191. The molecule has 0 fully saturated rings. The maximum absolute atomic E-state index is 5.78. The SMILES string of the molecule is CC(NCCOc1ccc(C(C)(C)C)cc1)c1cccs1. The summed E-state index contributed by atoms with van der Waals surface area (Å²) in [5.41, 5.74) is 1.52. The average Bonchev–Trinajstić information content (AvgIpc) is 2.97. The van der Waals surface area contributed by atoms with Gasteiger partial charge in [0.25, 0.3) is 0 Å². The first-order chi connectivity index (χ1) is 9.97. The van der Waals surface area contributed by atoms with Crippen LogP contribution in [0.2, 0.25) is 0 Å². The van der Waals surface area contributed by atoms with Gasteiger partial charge in [-0.05, 0) is 41.5 Å². The molecule has 0 spiro atoms. The van der Waals surface area contributed by atoms with Crippen LogP contribution in [0.4, 0.5) is 0 Å². The molecule has 1 atom stereocenters. The third kappa shape index (κ3) is 4.87. The Morgan fingerprint density at radius 2 is 1.86 bits per heavy atom. The van der Waals surface area contributed by atoms with E-state index in [-0.39, 0.29) is 5.41 Å². The van der Waals surface area contributed by atoms with E-state index < -0.39 is 0 Å². The maximum Gasteiger partial charge on any atom is 0.119 e. The molecule has 2 nitrogen and oxygen atoms in total. The van der Waals surface area contributed by atoms with Crippen molar-refractivity contribution in [2.45, 2.75) is 39.2 Å². The van der Waals surface area contributed by atoms with Gasteiger partial charge >= 0.3 is 0 Å². The summed E-state index contributed by atoms with van der Waals surface area (Å²) in [6, 6.07) is 13.1. The van der Waals surface area contributed by atoms with E-state index in [4.69, 9.17) is 4.74 Å². The smallest absolute Gasteiger partial charge is 0.119 e. The fourth-order valence-electron chi connectivity index (χ4n) is 2.13. The van der Waals surface area contributed by atoms with E-state index in [1.54, 1.807) is 11.3 Å². The number of rotatable bonds is 6. The summed E-state index contributed by atoms with van der Waals surface area (Å²) >= 11 is 1.79. The van der Waals surface area contributed by atoms with Crippen LogP contribution in [0.1, 0.15) is 44.2 Å². The molecule has 0 aliphatic carbocycles. The van der Waals surface area contributed by atoms with Crippen LogP contribution in [0.5, 0.6) is 5.75 Å². The summed E-state index contributed by atoms with van der Waals surface area (Å²) in [6.07, 6.45) is 0. The molecule has 1 heterocycles. The highest BCUT2D eigenvalue weighted by atomic mass is 32.1.